The van der Waals surface area contributed by atoms with Crippen LogP contribution in [0.5, 0.6) is 0 Å². The first-order chi connectivity index (χ1) is 12.0. The second-order valence-electron chi connectivity index (χ2n) is 5.92. The molecule has 0 saturated carbocycles. The smallest absolute Gasteiger partial charge is 0.247 e. The molecule has 0 aliphatic carbocycles. The summed E-state index contributed by atoms with van der Waals surface area (Å²) >= 11 is 5.78. The molecule has 1 aromatic heterocycles. The number of nitrogens with zero attached hydrogens (tertiary/aromatic N) is 2. The second-order valence-corrected chi connectivity index (χ2v) is 6.35. The fourth-order valence-corrected chi connectivity index (χ4v) is 2.80. The number of pyridine rings is 1. The van der Waals surface area contributed by atoms with E-state index >= 15 is 0 Å². The van der Waals surface area contributed by atoms with Crippen molar-refractivity contribution in [2.24, 2.45) is 0 Å². The molecule has 1 atom stereocenters. The van der Waals surface area contributed by atoms with Gasteiger partial charge < -0.3 is 15.5 Å². The number of nitrogens with one attached hydrogen (secondary N) is 2. The van der Waals surface area contributed by atoms with Crippen molar-refractivity contribution in [3.05, 3.63) is 47.6 Å². The SMILES string of the molecule is CC(Nc1cccc(N2CCCC2=O)c1)C(=O)Nc1ccc(Cl)cn1. The molecule has 2 heterocycles. The van der Waals surface area contributed by atoms with Gasteiger partial charge >= 0.3 is 0 Å². The van der Waals surface area contributed by atoms with Crippen molar-refractivity contribution in [1.82, 2.24) is 4.98 Å². The minimum Gasteiger partial charge on any atom is -0.374 e. The van der Waals surface area contributed by atoms with Gasteiger partial charge in [0.2, 0.25) is 11.8 Å². The van der Waals surface area contributed by atoms with Gasteiger partial charge in [-0.2, -0.15) is 0 Å². The van der Waals surface area contributed by atoms with E-state index < -0.39 is 6.04 Å². The van der Waals surface area contributed by atoms with Crippen LogP contribution in [0.1, 0.15) is 19.8 Å². The normalized spacial score (nSPS) is 15.1. The number of rotatable bonds is 5. The lowest BCUT2D eigenvalue weighted by atomic mass is 10.2. The summed E-state index contributed by atoms with van der Waals surface area (Å²) in [6, 6.07) is 10.4. The zero-order chi connectivity index (χ0) is 17.8. The number of aromatic nitrogens is 1. The van der Waals surface area contributed by atoms with Crippen molar-refractivity contribution >= 4 is 40.6 Å². The Bertz CT molecular complexity index is 779. The maximum atomic E-state index is 12.3. The Balaban J connectivity index is 1.64. The fourth-order valence-electron chi connectivity index (χ4n) is 2.68. The molecular weight excluding hydrogens is 340 g/mol. The first-order valence-corrected chi connectivity index (χ1v) is 8.50. The molecule has 1 unspecified atom stereocenters. The van der Waals surface area contributed by atoms with Gasteiger partial charge in [-0.25, -0.2) is 4.98 Å². The van der Waals surface area contributed by atoms with Crippen molar-refractivity contribution in [3.8, 4) is 0 Å². The van der Waals surface area contributed by atoms with Crippen LogP contribution in [0.25, 0.3) is 0 Å². The van der Waals surface area contributed by atoms with E-state index in [0.29, 0.717) is 17.3 Å². The highest BCUT2D eigenvalue weighted by atomic mass is 35.5. The number of hydrogen-bond donors (Lipinski definition) is 2. The molecule has 1 fully saturated rings. The summed E-state index contributed by atoms with van der Waals surface area (Å²) in [6.45, 7) is 2.50. The summed E-state index contributed by atoms with van der Waals surface area (Å²) in [5, 5.41) is 6.39. The Kier molecular flexibility index (Phi) is 5.19. The summed E-state index contributed by atoms with van der Waals surface area (Å²) < 4.78 is 0. The number of hydrogen-bond acceptors (Lipinski definition) is 4. The number of carbonyl (C=O) groups excluding carboxylic acids is 2. The molecule has 0 bridgehead atoms. The standard InChI is InChI=1S/C18H19ClN4O2/c1-12(18(25)22-16-8-7-13(19)11-20-16)21-14-4-2-5-15(10-14)23-9-3-6-17(23)24/h2,4-5,7-8,10-12,21H,3,6,9H2,1H3,(H,20,22,25). The average Bonchev–Trinajstić information content (AvgIpc) is 3.03. The predicted octanol–water partition coefficient (Wildman–Crippen LogP) is 3.30. The van der Waals surface area contributed by atoms with Gasteiger partial charge in [0.1, 0.15) is 11.9 Å². The van der Waals surface area contributed by atoms with Crippen molar-refractivity contribution in [3.63, 3.8) is 0 Å². The van der Waals surface area contributed by atoms with E-state index in [1.54, 1.807) is 24.0 Å². The highest BCUT2D eigenvalue weighted by molar-refractivity contribution is 6.30. The van der Waals surface area contributed by atoms with Gasteiger partial charge in [0, 0.05) is 30.5 Å². The summed E-state index contributed by atoms with van der Waals surface area (Å²) in [6.07, 6.45) is 2.94. The maximum absolute atomic E-state index is 12.3. The van der Waals surface area contributed by atoms with Crippen molar-refractivity contribution in [2.75, 3.05) is 22.1 Å². The number of benzene rings is 1. The molecule has 1 aromatic carbocycles. The first-order valence-electron chi connectivity index (χ1n) is 8.12. The van der Waals surface area contributed by atoms with E-state index in [9.17, 15) is 9.59 Å². The quantitative estimate of drug-likeness (QED) is 0.860. The van der Waals surface area contributed by atoms with Gasteiger partial charge in [0.15, 0.2) is 0 Å². The van der Waals surface area contributed by atoms with Crippen LogP contribution in [-0.4, -0.2) is 29.4 Å². The molecule has 1 saturated heterocycles. The molecule has 2 N–H and O–H groups in total. The lowest BCUT2D eigenvalue weighted by Gasteiger charge is -2.19. The Morgan fingerprint density at radius 1 is 1.32 bits per heavy atom. The van der Waals surface area contributed by atoms with Crippen LogP contribution < -0.4 is 15.5 Å². The van der Waals surface area contributed by atoms with Crippen LogP contribution in [0.2, 0.25) is 5.02 Å². The molecule has 0 spiro atoms. The summed E-state index contributed by atoms with van der Waals surface area (Å²) in [5.41, 5.74) is 1.63. The van der Waals surface area contributed by atoms with Crippen LogP contribution >= 0.6 is 11.6 Å². The third kappa shape index (κ3) is 4.28. The van der Waals surface area contributed by atoms with Crippen LogP contribution in [0.15, 0.2) is 42.6 Å². The Labute approximate surface area is 151 Å². The molecule has 2 aromatic rings. The molecule has 2 amide bonds. The Morgan fingerprint density at radius 2 is 2.16 bits per heavy atom. The maximum Gasteiger partial charge on any atom is 0.247 e. The summed E-state index contributed by atoms with van der Waals surface area (Å²) in [7, 11) is 0. The van der Waals surface area contributed by atoms with E-state index in [0.717, 1.165) is 24.3 Å². The van der Waals surface area contributed by atoms with E-state index in [4.69, 9.17) is 11.6 Å². The lowest BCUT2D eigenvalue weighted by molar-refractivity contribution is -0.117. The molecule has 1 aliphatic rings. The summed E-state index contributed by atoms with van der Waals surface area (Å²) in [4.78, 5) is 30.0. The first kappa shape index (κ1) is 17.2. The largest absolute Gasteiger partial charge is 0.374 e. The van der Waals surface area contributed by atoms with Crippen LogP contribution in [0.4, 0.5) is 17.2 Å². The third-order valence-corrected chi connectivity index (χ3v) is 4.21. The van der Waals surface area contributed by atoms with E-state index in [1.165, 1.54) is 6.20 Å². The number of amides is 2. The molecule has 130 valence electrons. The van der Waals surface area contributed by atoms with Gasteiger partial charge in [-0.05, 0) is 43.7 Å². The van der Waals surface area contributed by atoms with Gasteiger partial charge in [-0.15, -0.1) is 0 Å². The molecule has 1 aliphatic heterocycles. The molecule has 7 heteroatoms. The highest BCUT2D eigenvalue weighted by Gasteiger charge is 2.22. The number of halogens is 1. The molecule has 0 radical (unpaired) electrons. The Morgan fingerprint density at radius 3 is 2.84 bits per heavy atom. The van der Waals surface area contributed by atoms with E-state index in [1.807, 2.05) is 24.3 Å². The van der Waals surface area contributed by atoms with Crippen molar-refractivity contribution < 1.29 is 9.59 Å². The van der Waals surface area contributed by atoms with Crippen LogP contribution in [0, 0.1) is 0 Å². The lowest BCUT2D eigenvalue weighted by Crippen LogP contribution is -2.32. The van der Waals surface area contributed by atoms with Crippen LogP contribution in [-0.2, 0) is 9.59 Å². The minimum absolute atomic E-state index is 0.136. The van der Waals surface area contributed by atoms with Crippen LogP contribution in [0.3, 0.4) is 0 Å². The Hall–Kier alpha value is -2.60. The topological polar surface area (TPSA) is 74.3 Å². The van der Waals surface area contributed by atoms with E-state index in [2.05, 4.69) is 15.6 Å². The average molecular weight is 359 g/mol. The zero-order valence-electron chi connectivity index (χ0n) is 13.8. The fraction of sp³-hybridized carbons (Fsp3) is 0.278. The van der Waals surface area contributed by atoms with Gasteiger partial charge in [0.25, 0.3) is 0 Å². The number of anilines is 3. The third-order valence-electron chi connectivity index (χ3n) is 3.99. The summed E-state index contributed by atoms with van der Waals surface area (Å²) in [5.74, 6) is 0.369. The molecule has 6 nitrogen and oxygen atoms in total. The van der Waals surface area contributed by atoms with E-state index in [-0.39, 0.29) is 11.8 Å². The molecule has 25 heavy (non-hydrogen) atoms. The highest BCUT2D eigenvalue weighted by Crippen LogP contribution is 2.24. The van der Waals surface area contributed by atoms with Gasteiger partial charge in [-0.3, -0.25) is 9.59 Å². The monoisotopic (exact) mass is 358 g/mol. The predicted molar refractivity (Wildman–Crippen MR) is 99.0 cm³/mol. The van der Waals surface area contributed by atoms with Crippen molar-refractivity contribution in [2.45, 2.75) is 25.8 Å². The second kappa shape index (κ2) is 7.53. The van der Waals surface area contributed by atoms with Gasteiger partial charge in [-0.1, -0.05) is 17.7 Å². The number of carbonyl (C=O) groups is 2. The zero-order valence-corrected chi connectivity index (χ0v) is 14.6. The molecular formula is C18H19ClN4O2. The van der Waals surface area contributed by atoms with Crippen molar-refractivity contribution in [1.29, 1.82) is 0 Å². The minimum atomic E-state index is -0.470. The van der Waals surface area contributed by atoms with Gasteiger partial charge in [0.05, 0.1) is 5.02 Å². The molecule has 3 rings (SSSR count).